The summed E-state index contributed by atoms with van der Waals surface area (Å²) in [5.74, 6) is 0.666. The van der Waals surface area contributed by atoms with E-state index in [1.54, 1.807) is 0 Å². The molecule has 0 atom stereocenters. The number of aromatic nitrogens is 3. The van der Waals surface area contributed by atoms with Crippen LogP contribution >= 0.6 is 0 Å². The molecule has 1 aliphatic rings. The third-order valence-corrected chi connectivity index (χ3v) is 11.4. The van der Waals surface area contributed by atoms with Crippen LogP contribution in [0.15, 0.2) is 164 Å². The Balaban J connectivity index is 1.30. The van der Waals surface area contributed by atoms with Gasteiger partial charge in [0.2, 0.25) is 5.95 Å². The number of fused-ring (bicyclic) bond motifs is 11. The van der Waals surface area contributed by atoms with Gasteiger partial charge in [-0.15, -0.1) is 0 Å². The monoisotopic (exact) mass is 663 g/mol. The largest absolute Gasteiger partial charge is 0.277 e. The SMILES string of the molecule is CC1(C)c2ccccc2-c2cc(-c3cccc4c5ccc6ccccc6c5n(-c5nc(-c6ccccc6)c6ccc7ccccc7c6n5)c34)ccc21. The Morgan fingerprint density at radius 2 is 1.06 bits per heavy atom. The Bertz CT molecular complexity index is 3100. The topological polar surface area (TPSA) is 30.7 Å². The molecule has 0 bridgehead atoms. The van der Waals surface area contributed by atoms with Crippen LogP contribution in [0.5, 0.6) is 0 Å². The van der Waals surface area contributed by atoms with Crippen LogP contribution < -0.4 is 0 Å². The highest BCUT2D eigenvalue weighted by Gasteiger charge is 2.35. The second-order valence-corrected chi connectivity index (χ2v) is 14.6. The first-order valence-electron chi connectivity index (χ1n) is 18.0. The maximum atomic E-state index is 5.53. The van der Waals surface area contributed by atoms with Crippen LogP contribution in [0.1, 0.15) is 25.0 Å². The van der Waals surface area contributed by atoms with Crippen molar-refractivity contribution >= 4 is 54.3 Å². The molecule has 0 amide bonds. The van der Waals surface area contributed by atoms with Crippen molar-refractivity contribution < 1.29 is 0 Å². The van der Waals surface area contributed by atoms with Gasteiger partial charge >= 0.3 is 0 Å². The summed E-state index contributed by atoms with van der Waals surface area (Å²) in [6.07, 6.45) is 0. The molecule has 0 N–H and O–H groups in total. The summed E-state index contributed by atoms with van der Waals surface area (Å²) in [6, 6.07) is 59.3. The van der Waals surface area contributed by atoms with Crippen LogP contribution in [0.2, 0.25) is 0 Å². The van der Waals surface area contributed by atoms with Gasteiger partial charge in [0.1, 0.15) is 0 Å². The van der Waals surface area contributed by atoms with Crippen molar-refractivity contribution in [2.75, 3.05) is 0 Å². The second-order valence-electron chi connectivity index (χ2n) is 14.6. The zero-order valence-corrected chi connectivity index (χ0v) is 28.9. The van der Waals surface area contributed by atoms with E-state index in [2.05, 4.69) is 182 Å². The van der Waals surface area contributed by atoms with Gasteiger partial charge in [0.25, 0.3) is 0 Å². The van der Waals surface area contributed by atoms with Crippen molar-refractivity contribution in [3.05, 3.63) is 175 Å². The highest BCUT2D eigenvalue weighted by atomic mass is 15.2. The molecule has 11 rings (SSSR count). The zero-order chi connectivity index (χ0) is 34.6. The van der Waals surface area contributed by atoms with Gasteiger partial charge < -0.3 is 0 Å². The summed E-state index contributed by atoms with van der Waals surface area (Å²) in [5, 5.41) is 8.05. The van der Waals surface area contributed by atoms with Crippen molar-refractivity contribution in [3.8, 4) is 39.5 Å². The molecule has 2 aromatic heterocycles. The molecule has 8 aromatic carbocycles. The molecule has 0 saturated carbocycles. The minimum absolute atomic E-state index is 0.0557. The van der Waals surface area contributed by atoms with Crippen LogP contribution in [0, 0.1) is 0 Å². The van der Waals surface area contributed by atoms with Gasteiger partial charge in [-0.2, -0.15) is 0 Å². The van der Waals surface area contributed by atoms with Crippen LogP contribution in [0.3, 0.4) is 0 Å². The Hall–Kier alpha value is -6.58. The molecule has 2 heterocycles. The maximum absolute atomic E-state index is 5.53. The summed E-state index contributed by atoms with van der Waals surface area (Å²) in [6.45, 7) is 4.68. The summed E-state index contributed by atoms with van der Waals surface area (Å²) < 4.78 is 2.35. The van der Waals surface area contributed by atoms with Crippen molar-refractivity contribution in [2.24, 2.45) is 0 Å². The summed E-state index contributed by atoms with van der Waals surface area (Å²) in [7, 11) is 0. The average molecular weight is 664 g/mol. The lowest BCUT2D eigenvalue weighted by atomic mass is 9.82. The normalized spacial score (nSPS) is 13.3. The molecule has 0 fully saturated rings. The summed E-state index contributed by atoms with van der Waals surface area (Å²) >= 11 is 0. The number of nitrogens with zero attached hydrogens (tertiary/aromatic N) is 3. The van der Waals surface area contributed by atoms with E-state index in [1.807, 2.05) is 0 Å². The molecule has 0 radical (unpaired) electrons. The van der Waals surface area contributed by atoms with Crippen LogP contribution in [-0.4, -0.2) is 14.5 Å². The van der Waals surface area contributed by atoms with Crippen LogP contribution in [0.25, 0.3) is 93.7 Å². The Morgan fingerprint density at radius 1 is 0.423 bits per heavy atom. The lowest BCUT2D eigenvalue weighted by molar-refractivity contribution is 0.660. The van der Waals surface area contributed by atoms with E-state index in [1.165, 1.54) is 49.4 Å². The van der Waals surface area contributed by atoms with E-state index in [9.17, 15) is 0 Å². The van der Waals surface area contributed by atoms with E-state index in [0.717, 1.165) is 49.5 Å². The molecule has 0 unspecified atom stereocenters. The number of benzene rings is 8. The highest BCUT2D eigenvalue weighted by Crippen LogP contribution is 2.50. The number of hydrogen-bond acceptors (Lipinski definition) is 2. The van der Waals surface area contributed by atoms with Crippen LogP contribution in [-0.2, 0) is 5.41 Å². The third-order valence-electron chi connectivity index (χ3n) is 11.4. The Morgan fingerprint density at radius 3 is 1.90 bits per heavy atom. The minimum Gasteiger partial charge on any atom is -0.277 e. The number of rotatable bonds is 3. The quantitative estimate of drug-likeness (QED) is 0.176. The fourth-order valence-corrected chi connectivity index (χ4v) is 8.92. The summed E-state index contributed by atoms with van der Waals surface area (Å²) in [5.41, 5.74) is 12.8. The fraction of sp³-hybridized carbons (Fsp3) is 0.0612. The lowest BCUT2D eigenvalue weighted by Gasteiger charge is -2.21. The van der Waals surface area contributed by atoms with E-state index in [-0.39, 0.29) is 5.41 Å². The molecule has 3 nitrogen and oxygen atoms in total. The van der Waals surface area contributed by atoms with Gasteiger partial charge in [-0.25, -0.2) is 9.97 Å². The van der Waals surface area contributed by atoms with Crippen LogP contribution in [0.4, 0.5) is 0 Å². The number of hydrogen-bond donors (Lipinski definition) is 0. The second kappa shape index (κ2) is 10.7. The summed E-state index contributed by atoms with van der Waals surface area (Å²) in [4.78, 5) is 11.1. The van der Waals surface area contributed by atoms with Crippen molar-refractivity contribution in [1.29, 1.82) is 0 Å². The van der Waals surface area contributed by atoms with E-state index in [4.69, 9.17) is 9.97 Å². The van der Waals surface area contributed by atoms with Gasteiger partial charge in [0.15, 0.2) is 0 Å². The Kier molecular flexibility index (Phi) is 6.01. The smallest absolute Gasteiger partial charge is 0.235 e. The van der Waals surface area contributed by atoms with Crippen molar-refractivity contribution in [2.45, 2.75) is 19.3 Å². The molecular weight excluding hydrogens is 631 g/mol. The molecule has 0 saturated heterocycles. The van der Waals surface area contributed by atoms with Crippen molar-refractivity contribution in [1.82, 2.24) is 14.5 Å². The lowest BCUT2D eigenvalue weighted by Crippen LogP contribution is -2.14. The molecule has 10 aromatic rings. The van der Waals surface area contributed by atoms with E-state index < -0.39 is 0 Å². The molecular formula is C49H33N3. The first kappa shape index (κ1) is 29.2. The molecule has 244 valence electrons. The predicted octanol–water partition coefficient (Wildman–Crippen LogP) is 12.7. The minimum atomic E-state index is -0.0557. The van der Waals surface area contributed by atoms with Gasteiger partial charge in [-0.1, -0.05) is 166 Å². The Labute approximate surface area is 301 Å². The first-order chi connectivity index (χ1) is 25.6. The molecule has 52 heavy (non-hydrogen) atoms. The predicted molar refractivity (Wildman–Crippen MR) is 217 cm³/mol. The standard InChI is InChI=1S/C49H33N3/c1-49(2)42-22-11-10-19-37(42)41-29-33(25-28-43(41)49)36-20-12-21-38-39-26-23-31-14-7-9-18-35(31)46(39)52(47(36)38)48-50-44(32-15-4-3-5-16-32)40-27-24-30-13-6-8-17-34(30)45(40)51-48/h3-29H,1-2H3. The van der Waals surface area contributed by atoms with Gasteiger partial charge in [0.05, 0.1) is 22.2 Å². The third kappa shape index (κ3) is 4.02. The zero-order valence-electron chi connectivity index (χ0n) is 28.9. The average Bonchev–Trinajstić information content (AvgIpc) is 3.66. The first-order valence-corrected chi connectivity index (χ1v) is 18.0. The molecule has 1 aliphatic carbocycles. The fourth-order valence-electron chi connectivity index (χ4n) is 8.92. The number of para-hydroxylation sites is 1. The van der Waals surface area contributed by atoms with E-state index in [0.29, 0.717) is 5.95 Å². The molecule has 0 aliphatic heterocycles. The van der Waals surface area contributed by atoms with E-state index >= 15 is 0 Å². The van der Waals surface area contributed by atoms with Crippen molar-refractivity contribution in [3.63, 3.8) is 0 Å². The van der Waals surface area contributed by atoms with Gasteiger partial charge in [-0.05, 0) is 50.7 Å². The highest BCUT2D eigenvalue weighted by molar-refractivity contribution is 6.21. The molecule has 0 spiro atoms. The maximum Gasteiger partial charge on any atom is 0.235 e. The molecule has 3 heteroatoms. The van der Waals surface area contributed by atoms with Gasteiger partial charge in [0, 0.05) is 43.5 Å². The van der Waals surface area contributed by atoms with Gasteiger partial charge in [-0.3, -0.25) is 4.57 Å².